The third-order valence-electron chi connectivity index (χ3n) is 3.67. The predicted molar refractivity (Wildman–Crippen MR) is 80.9 cm³/mol. The Morgan fingerprint density at radius 1 is 1.12 bits per heavy atom. The lowest BCUT2D eigenvalue weighted by molar-refractivity contribution is 0.494. The molecule has 0 bridgehead atoms. The minimum absolute atomic E-state index is 0.766. The molecule has 0 radical (unpaired) electrons. The quantitative estimate of drug-likeness (QED) is 0.647. The first-order valence-corrected chi connectivity index (χ1v) is 8.76. The van der Waals surface area contributed by atoms with E-state index >= 15 is 0 Å². The van der Waals surface area contributed by atoms with Crippen LogP contribution < -0.4 is 5.32 Å². The van der Waals surface area contributed by atoms with E-state index in [1.54, 1.807) is 0 Å². The molecule has 1 aliphatic carbocycles. The first-order chi connectivity index (χ1) is 8.36. The summed E-state index contributed by atoms with van der Waals surface area (Å²) in [4.78, 5) is 0. The lowest BCUT2D eigenvalue weighted by Gasteiger charge is -2.24. The summed E-state index contributed by atoms with van der Waals surface area (Å²) in [6.07, 6.45) is 12.7. The highest BCUT2D eigenvalue weighted by molar-refractivity contribution is 7.99. The monoisotopic (exact) mass is 257 g/mol. The predicted octanol–water partition coefficient (Wildman–Crippen LogP) is 4.61. The molecule has 0 aromatic rings. The minimum atomic E-state index is 0.766. The molecule has 0 aromatic carbocycles. The zero-order chi connectivity index (χ0) is 12.3. The van der Waals surface area contributed by atoms with E-state index in [1.165, 1.54) is 70.1 Å². The highest BCUT2D eigenvalue weighted by Crippen LogP contribution is 2.29. The van der Waals surface area contributed by atoms with Gasteiger partial charge in [-0.3, -0.25) is 0 Å². The molecule has 1 saturated carbocycles. The Hall–Kier alpha value is 0.310. The van der Waals surface area contributed by atoms with Crippen molar-refractivity contribution in [3.8, 4) is 0 Å². The Morgan fingerprint density at radius 3 is 2.53 bits per heavy atom. The molecule has 0 heterocycles. The molecule has 2 heteroatoms. The molecule has 0 aromatic heterocycles. The molecule has 0 aliphatic heterocycles. The van der Waals surface area contributed by atoms with E-state index in [1.807, 2.05) is 0 Å². The minimum Gasteiger partial charge on any atom is -0.313 e. The van der Waals surface area contributed by atoms with Gasteiger partial charge in [0, 0.05) is 17.0 Å². The van der Waals surface area contributed by atoms with E-state index < -0.39 is 0 Å². The molecule has 1 unspecified atom stereocenters. The van der Waals surface area contributed by atoms with Gasteiger partial charge in [0.25, 0.3) is 0 Å². The second kappa shape index (κ2) is 10.3. The lowest BCUT2D eigenvalue weighted by Crippen LogP contribution is -2.32. The third-order valence-corrected chi connectivity index (χ3v) is 5.21. The van der Waals surface area contributed by atoms with Gasteiger partial charge < -0.3 is 5.32 Å². The molecule has 0 saturated heterocycles. The Morgan fingerprint density at radius 2 is 1.88 bits per heavy atom. The Balaban J connectivity index is 2.16. The Kier molecular flexibility index (Phi) is 9.27. The van der Waals surface area contributed by atoms with Crippen LogP contribution in [0.25, 0.3) is 0 Å². The smallest absolute Gasteiger partial charge is 0.0158 e. The number of hydrogen-bond acceptors (Lipinski definition) is 2. The van der Waals surface area contributed by atoms with Crippen molar-refractivity contribution in [3.05, 3.63) is 0 Å². The fourth-order valence-corrected chi connectivity index (χ4v) is 3.98. The van der Waals surface area contributed by atoms with Crippen LogP contribution in [0.1, 0.15) is 71.6 Å². The standard InChI is InChI=1S/C15H31NS/c1-3-5-9-14(16-12-4-2)13-17-15-10-7-6-8-11-15/h14-16H,3-13H2,1-2H3. The summed E-state index contributed by atoms with van der Waals surface area (Å²) < 4.78 is 0. The lowest BCUT2D eigenvalue weighted by atomic mass is 10.0. The number of unbranched alkanes of at least 4 members (excludes halogenated alkanes) is 1. The average Bonchev–Trinajstić information content (AvgIpc) is 2.39. The Bertz CT molecular complexity index is 158. The van der Waals surface area contributed by atoms with Crippen LogP contribution in [0.5, 0.6) is 0 Å². The van der Waals surface area contributed by atoms with Crippen LogP contribution in [0.3, 0.4) is 0 Å². The maximum atomic E-state index is 3.72. The van der Waals surface area contributed by atoms with Crippen LogP contribution in [-0.2, 0) is 0 Å². The zero-order valence-corrected chi connectivity index (χ0v) is 12.7. The number of rotatable bonds is 9. The fraction of sp³-hybridized carbons (Fsp3) is 1.00. The van der Waals surface area contributed by atoms with E-state index in [0.717, 1.165) is 11.3 Å². The fourth-order valence-electron chi connectivity index (χ4n) is 2.53. The van der Waals surface area contributed by atoms with E-state index in [0.29, 0.717) is 0 Å². The van der Waals surface area contributed by atoms with Crippen LogP contribution in [0.2, 0.25) is 0 Å². The molecular formula is C15H31NS. The van der Waals surface area contributed by atoms with E-state index in [2.05, 4.69) is 30.9 Å². The summed E-state index contributed by atoms with van der Waals surface area (Å²) >= 11 is 2.24. The highest BCUT2D eigenvalue weighted by Gasteiger charge is 2.16. The third kappa shape index (κ3) is 7.35. The first-order valence-electron chi connectivity index (χ1n) is 7.71. The highest BCUT2D eigenvalue weighted by atomic mass is 32.2. The normalized spacial score (nSPS) is 19.4. The van der Waals surface area contributed by atoms with Gasteiger partial charge in [0.1, 0.15) is 0 Å². The van der Waals surface area contributed by atoms with E-state index in [4.69, 9.17) is 0 Å². The van der Waals surface area contributed by atoms with Crippen LogP contribution in [-0.4, -0.2) is 23.6 Å². The molecule has 102 valence electrons. The molecule has 0 spiro atoms. The van der Waals surface area contributed by atoms with Crippen molar-refractivity contribution in [2.24, 2.45) is 0 Å². The van der Waals surface area contributed by atoms with Crippen LogP contribution >= 0.6 is 11.8 Å². The molecular weight excluding hydrogens is 226 g/mol. The van der Waals surface area contributed by atoms with Crippen molar-refractivity contribution in [2.45, 2.75) is 82.9 Å². The Labute approximate surface area is 113 Å². The number of nitrogens with one attached hydrogen (secondary N) is 1. The van der Waals surface area contributed by atoms with Crippen molar-refractivity contribution < 1.29 is 0 Å². The number of thioether (sulfide) groups is 1. The molecule has 1 aliphatic rings. The average molecular weight is 257 g/mol. The van der Waals surface area contributed by atoms with Gasteiger partial charge in [0.15, 0.2) is 0 Å². The first kappa shape index (κ1) is 15.4. The van der Waals surface area contributed by atoms with Gasteiger partial charge in [-0.1, -0.05) is 46.0 Å². The van der Waals surface area contributed by atoms with E-state index in [-0.39, 0.29) is 0 Å². The van der Waals surface area contributed by atoms with Gasteiger partial charge >= 0.3 is 0 Å². The van der Waals surface area contributed by atoms with Crippen molar-refractivity contribution in [1.29, 1.82) is 0 Å². The van der Waals surface area contributed by atoms with Crippen LogP contribution in [0, 0.1) is 0 Å². The van der Waals surface area contributed by atoms with Crippen molar-refractivity contribution in [3.63, 3.8) is 0 Å². The van der Waals surface area contributed by atoms with Gasteiger partial charge in [-0.25, -0.2) is 0 Å². The maximum Gasteiger partial charge on any atom is 0.0158 e. The molecule has 0 amide bonds. The molecule has 17 heavy (non-hydrogen) atoms. The second-order valence-corrected chi connectivity index (χ2v) is 6.72. The summed E-state index contributed by atoms with van der Waals surface area (Å²) in [6.45, 7) is 5.75. The van der Waals surface area contributed by atoms with Gasteiger partial charge in [-0.2, -0.15) is 11.8 Å². The summed E-state index contributed by atoms with van der Waals surface area (Å²) in [5.41, 5.74) is 0. The maximum absolute atomic E-state index is 3.72. The van der Waals surface area contributed by atoms with Crippen molar-refractivity contribution in [1.82, 2.24) is 5.32 Å². The summed E-state index contributed by atoms with van der Waals surface area (Å²) in [7, 11) is 0. The van der Waals surface area contributed by atoms with Gasteiger partial charge in [0.05, 0.1) is 0 Å². The summed E-state index contributed by atoms with van der Waals surface area (Å²) in [5, 5.41) is 4.69. The molecule has 1 nitrogen and oxygen atoms in total. The largest absolute Gasteiger partial charge is 0.313 e. The number of hydrogen-bond donors (Lipinski definition) is 1. The summed E-state index contributed by atoms with van der Waals surface area (Å²) in [5.74, 6) is 1.34. The van der Waals surface area contributed by atoms with Crippen LogP contribution in [0.4, 0.5) is 0 Å². The van der Waals surface area contributed by atoms with Crippen molar-refractivity contribution in [2.75, 3.05) is 12.3 Å². The van der Waals surface area contributed by atoms with Crippen LogP contribution in [0.15, 0.2) is 0 Å². The van der Waals surface area contributed by atoms with Gasteiger partial charge in [-0.05, 0) is 32.2 Å². The SMILES string of the molecule is CCCCC(CSC1CCCCC1)NCCC. The van der Waals surface area contributed by atoms with Gasteiger partial charge in [-0.15, -0.1) is 0 Å². The topological polar surface area (TPSA) is 12.0 Å². The van der Waals surface area contributed by atoms with Gasteiger partial charge in [0.2, 0.25) is 0 Å². The molecule has 1 rings (SSSR count). The van der Waals surface area contributed by atoms with E-state index in [9.17, 15) is 0 Å². The molecule has 1 fully saturated rings. The molecule has 1 N–H and O–H groups in total. The van der Waals surface area contributed by atoms with Crippen molar-refractivity contribution >= 4 is 11.8 Å². The molecule has 1 atom stereocenters. The zero-order valence-electron chi connectivity index (χ0n) is 11.8. The second-order valence-electron chi connectivity index (χ2n) is 5.39. The summed E-state index contributed by atoms with van der Waals surface area (Å²) in [6, 6.07) is 0.766.